The number of carbonyl (C=O) groups excluding carboxylic acids is 2. The standard InChI is InChI=1S/C15H23N3O3/c1-3-4-5-6-7-8-15(2)13(19)18(14(20)17-15)10-12-9-16-21-11-12/h9,11H,3-8,10H2,1-2H3,(H,17,20). The summed E-state index contributed by atoms with van der Waals surface area (Å²) in [7, 11) is 0. The van der Waals surface area contributed by atoms with Crippen molar-refractivity contribution < 1.29 is 14.1 Å². The van der Waals surface area contributed by atoms with Crippen LogP contribution in [0.25, 0.3) is 0 Å². The first-order chi connectivity index (χ1) is 10.1. The van der Waals surface area contributed by atoms with Gasteiger partial charge in [0.05, 0.1) is 12.7 Å². The second-order valence-corrected chi connectivity index (χ2v) is 5.85. The molecule has 0 bridgehead atoms. The Kier molecular flexibility index (Phi) is 4.98. The van der Waals surface area contributed by atoms with Crippen LogP contribution in [0.3, 0.4) is 0 Å². The Morgan fingerprint density at radius 3 is 2.71 bits per heavy atom. The van der Waals surface area contributed by atoms with E-state index in [-0.39, 0.29) is 18.5 Å². The lowest BCUT2D eigenvalue weighted by Crippen LogP contribution is -2.43. The molecule has 0 aliphatic carbocycles. The molecule has 1 atom stereocenters. The van der Waals surface area contributed by atoms with E-state index in [1.54, 1.807) is 6.92 Å². The lowest BCUT2D eigenvalue weighted by atomic mass is 9.94. The van der Waals surface area contributed by atoms with E-state index in [4.69, 9.17) is 4.52 Å². The maximum atomic E-state index is 12.5. The van der Waals surface area contributed by atoms with E-state index in [2.05, 4.69) is 17.4 Å². The summed E-state index contributed by atoms with van der Waals surface area (Å²) in [5.41, 5.74) is -0.0637. The first-order valence-corrected chi connectivity index (χ1v) is 7.59. The van der Waals surface area contributed by atoms with Crippen LogP contribution in [0.1, 0.15) is 57.9 Å². The summed E-state index contributed by atoms with van der Waals surface area (Å²) in [5.74, 6) is -0.163. The van der Waals surface area contributed by atoms with Crippen LogP contribution in [0.4, 0.5) is 4.79 Å². The summed E-state index contributed by atoms with van der Waals surface area (Å²) in [4.78, 5) is 25.7. The van der Waals surface area contributed by atoms with Crippen LogP contribution >= 0.6 is 0 Å². The summed E-state index contributed by atoms with van der Waals surface area (Å²) in [5, 5.41) is 6.40. The van der Waals surface area contributed by atoms with Crippen molar-refractivity contribution in [2.45, 2.75) is 64.5 Å². The second kappa shape index (κ2) is 6.74. The molecule has 0 spiro atoms. The van der Waals surface area contributed by atoms with E-state index >= 15 is 0 Å². The van der Waals surface area contributed by atoms with Gasteiger partial charge in [-0.05, 0) is 13.3 Å². The van der Waals surface area contributed by atoms with Crippen molar-refractivity contribution in [2.24, 2.45) is 0 Å². The number of aromatic nitrogens is 1. The van der Waals surface area contributed by atoms with Crippen molar-refractivity contribution in [3.05, 3.63) is 18.0 Å². The molecule has 1 aromatic heterocycles. The molecule has 1 unspecified atom stereocenters. The zero-order valence-electron chi connectivity index (χ0n) is 12.7. The highest BCUT2D eigenvalue weighted by Gasteiger charge is 2.47. The van der Waals surface area contributed by atoms with Gasteiger partial charge in [0.1, 0.15) is 11.8 Å². The fourth-order valence-electron chi connectivity index (χ4n) is 2.63. The summed E-state index contributed by atoms with van der Waals surface area (Å²) >= 11 is 0. The number of urea groups is 1. The minimum absolute atomic E-state index is 0.163. The topological polar surface area (TPSA) is 75.4 Å². The van der Waals surface area contributed by atoms with Gasteiger partial charge in [0.15, 0.2) is 0 Å². The monoisotopic (exact) mass is 293 g/mol. The van der Waals surface area contributed by atoms with Gasteiger partial charge in [0.2, 0.25) is 0 Å². The Morgan fingerprint density at radius 1 is 1.29 bits per heavy atom. The smallest absolute Gasteiger partial charge is 0.325 e. The van der Waals surface area contributed by atoms with Crippen molar-refractivity contribution in [3.63, 3.8) is 0 Å². The molecule has 6 nitrogen and oxygen atoms in total. The van der Waals surface area contributed by atoms with Crippen LogP contribution in [0.2, 0.25) is 0 Å². The SMILES string of the molecule is CCCCCCCC1(C)NC(=O)N(Cc2cnoc2)C1=O. The van der Waals surface area contributed by atoms with Crippen molar-refractivity contribution in [1.82, 2.24) is 15.4 Å². The van der Waals surface area contributed by atoms with Crippen LogP contribution in [0, 0.1) is 0 Å². The zero-order chi connectivity index (χ0) is 15.3. The van der Waals surface area contributed by atoms with Gasteiger partial charge in [-0.2, -0.15) is 0 Å². The summed E-state index contributed by atoms with van der Waals surface area (Å²) in [6.45, 7) is 4.19. The number of hydrogen-bond donors (Lipinski definition) is 1. The molecule has 2 rings (SSSR count). The van der Waals surface area contributed by atoms with Gasteiger partial charge < -0.3 is 9.84 Å². The van der Waals surface area contributed by atoms with E-state index < -0.39 is 5.54 Å². The minimum Gasteiger partial charge on any atom is -0.364 e. The predicted molar refractivity (Wildman–Crippen MR) is 77.4 cm³/mol. The zero-order valence-corrected chi connectivity index (χ0v) is 12.7. The number of nitrogens with one attached hydrogen (secondary N) is 1. The Balaban J connectivity index is 1.90. The molecule has 21 heavy (non-hydrogen) atoms. The van der Waals surface area contributed by atoms with Crippen molar-refractivity contribution in [2.75, 3.05) is 0 Å². The summed E-state index contributed by atoms with van der Waals surface area (Å²) in [6, 6.07) is -0.336. The van der Waals surface area contributed by atoms with Crippen molar-refractivity contribution in [1.29, 1.82) is 0 Å². The molecule has 2 heterocycles. The molecule has 1 saturated heterocycles. The van der Waals surface area contributed by atoms with E-state index in [9.17, 15) is 9.59 Å². The van der Waals surface area contributed by atoms with Crippen LogP contribution in [-0.4, -0.2) is 27.5 Å². The van der Waals surface area contributed by atoms with Crippen LogP contribution < -0.4 is 5.32 Å². The number of carbonyl (C=O) groups is 2. The lowest BCUT2D eigenvalue weighted by molar-refractivity contribution is -0.131. The molecular formula is C15H23N3O3. The van der Waals surface area contributed by atoms with Crippen molar-refractivity contribution >= 4 is 11.9 Å². The molecule has 0 aromatic carbocycles. The van der Waals surface area contributed by atoms with Gasteiger partial charge in [-0.3, -0.25) is 9.69 Å². The van der Waals surface area contributed by atoms with Gasteiger partial charge >= 0.3 is 6.03 Å². The van der Waals surface area contributed by atoms with Crippen LogP contribution in [0.5, 0.6) is 0 Å². The number of unbranched alkanes of at least 4 members (excludes halogenated alkanes) is 4. The van der Waals surface area contributed by atoms with Crippen LogP contribution in [0.15, 0.2) is 17.0 Å². The Hall–Kier alpha value is -1.85. The van der Waals surface area contributed by atoms with E-state index in [0.29, 0.717) is 12.0 Å². The highest BCUT2D eigenvalue weighted by molar-refractivity contribution is 6.06. The summed E-state index contributed by atoms with van der Waals surface area (Å²) in [6.07, 6.45) is 9.28. The van der Waals surface area contributed by atoms with Gasteiger partial charge in [0.25, 0.3) is 5.91 Å². The maximum absolute atomic E-state index is 12.5. The largest absolute Gasteiger partial charge is 0.364 e. The third-order valence-electron chi connectivity index (χ3n) is 3.95. The first kappa shape index (κ1) is 15.5. The van der Waals surface area contributed by atoms with Gasteiger partial charge in [0, 0.05) is 5.56 Å². The average Bonchev–Trinajstić information content (AvgIpc) is 3.02. The third kappa shape index (κ3) is 3.62. The van der Waals surface area contributed by atoms with Crippen LogP contribution in [-0.2, 0) is 11.3 Å². The molecule has 116 valence electrons. The number of nitrogens with zero attached hydrogens (tertiary/aromatic N) is 2. The Bertz CT molecular complexity index is 486. The highest BCUT2D eigenvalue weighted by atomic mass is 16.5. The Morgan fingerprint density at radius 2 is 2.05 bits per heavy atom. The average molecular weight is 293 g/mol. The number of hydrogen-bond acceptors (Lipinski definition) is 4. The summed E-state index contributed by atoms with van der Waals surface area (Å²) < 4.78 is 4.73. The lowest BCUT2D eigenvalue weighted by Gasteiger charge is -2.21. The first-order valence-electron chi connectivity index (χ1n) is 7.59. The maximum Gasteiger partial charge on any atom is 0.325 e. The van der Waals surface area contributed by atoms with Gasteiger partial charge in [-0.1, -0.05) is 44.2 Å². The molecule has 3 amide bonds. The molecular weight excluding hydrogens is 270 g/mol. The van der Waals surface area contributed by atoms with E-state index in [1.165, 1.54) is 36.6 Å². The molecule has 1 aromatic rings. The van der Waals surface area contributed by atoms with E-state index in [1.807, 2.05) is 0 Å². The Labute approximate surface area is 124 Å². The van der Waals surface area contributed by atoms with Gasteiger partial charge in [-0.15, -0.1) is 0 Å². The molecule has 1 fully saturated rings. The molecule has 1 N–H and O–H groups in total. The third-order valence-corrected chi connectivity index (χ3v) is 3.95. The number of imide groups is 1. The number of rotatable bonds is 8. The minimum atomic E-state index is -0.777. The molecule has 1 aliphatic heterocycles. The molecule has 0 saturated carbocycles. The fourth-order valence-corrected chi connectivity index (χ4v) is 2.63. The molecule has 1 aliphatic rings. The fraction of sp³-hybridized carbons (Fsp3) is 0.667. The molecule has 6 heteroatoms. The quantitative estimate of drug-likeness (QED) is 0.590. The number of amides is 3. The van der Waals surface area contributed by atoms with Crippen molar-refractivity contribution in [3.8, 4) is 0 Å². The molecule has 0 radical (unpaired) electrons. The van der Waals surface area contributed by atoms with Gasteiger partial charge in [-0.25, -0.2) is 4.79 Å². The predicted octanol–water partition coefficient (Wildman–Crippen LogP) is 2.85. The second-order valence-electron chi connectivity index (χ2n) is 5.85. The normalized spacial score (nSPS) is 21.9. The van der Waals surface area contributed by atoms with E-state index in [0.717, 1.165) is 12.8 Å². The highest BCUT2D eigenvalue weighted by Crippen LogP contribution is 2.25.